The summed E-state index contributed by atoms with van der Waals surface area (Å²) in [6.07, 6.45) is 5.36. The minimum Gasteiger partial charge on any atom is -0.363 e. The van der Waals surface area contributed by atoms with Gasteiger partial charge in [0, 0.05) is 21.5 Å². The van der Waals surface area contributed by atoms with E-state index in [2.05, 4.69) is 21.9 Å². The summed E-state index contributed by atoms with van der Waals surface area (Å²) in [5, 5.41) is 5.39. The average molecular weight is 396 g/mol. The molecular weight excluding hydrogens is 381 g/mol. The van der Waals surface area contributed by atoms with Crippen LogP contribution < -0.4 is 5.32 Å². The van der Waals surface area contributed by atoms with E-state index in [1.807, 2.05) is 42.5 Å². The summed E-state index contributed by atoms with van der Waals surface area (Å²) in [5.41, 5.74) is 3.17. The molecule has 0 fully saturated rings. The lowest BCUT2D eigenvalue weighted by atomic mass is 9.90. The molecule has 4 rings (SSSR count). The first-order chi connectivity index (χ1) is 13.1. The largest absolute Gasteiger partial charge is 0.363 e. The summed E-state index contributed by atoms with van der Waals surface area (Å²) < 4.78 is 0. The highest BCUT2D eigenvalue weighted by molar-refractivity contribution is 6.37. The van der Waals surface area contributed by atoms with Crippen LogP contribution in [0.15, 0.2) is 67.0 Å². The van der Waals surface area contributed by atoms with E-state index < -0.39 is 0 Å². The van der Waals surface area contributed by atoms with Crippen molar-refractivity contribution in [2.24, 2.45) is 0 Å². The second-order valence-corrected chi connectivity index (χ2v) is 7.08. The number of allylic oxidation sites excluding steroid dienone is 1. The van der Waals surface area contributed by atoms with Gasteiger partial charge in [-0.25, -0.2) is 9.97 Å². The maximum absolute atomic E-state index is 11.6. The minimum atomic E-state index is -0.0339. The maximum Gasteiger partial charge on any atom is 0.181 e. The first-order valence-electron chi connectivity index (χ1n) is 8.40. The second-order valence-electron chi connectivity index (χ2n) is 6.27. The molecule has 0 spiro atoms. The number of hydrogen-bond acceptors (Lipinski definition) is 4. The molecule has 1 N–H and O–H groups in total. The Morgan fingerprint density at radius 2 is 1.93 bits per heavy atom. The summed E-state index contributed by atoms with van der Waals surface area (Å²) in [5.74, 6) is 0.657. The molecule has 1 heterocycles. The van der Waals surface area contributed by atoms with Crippen molar-refractivity contribution < 1.29 is 4.79 Å². The Bertz CT molecular complexity index is 1110. The third kappa shape index (κ3) is 3.34. The number of carbonyl (C=O) groups excluding carboxylic acids is 1. The molecular formula is C21H15Cl2N3O. The quantitative estimate of drug-likeness (QED) is 0.581. The third-order valence-electron chi connectivity index (χ3n) is 4.55. The second kappa shape index (κ2) is 7.14. The number of aromatic nitrogens is 2. The summed E-state index contributed by atoms with van der Waals surface area (Å²) in [4.78, 5) is 20.3. The Kier molecular flexibility index (Phi) is 4.68. The summed E-state index contributed by atoms with van der Waals surface area (Å²) in [6.45, 7) is 3.51. The smallest absolute Gasteiger partial charge is 0.181 e. The number of ketones is 1. The van der Waals surface area contributed by atoms with Crippen LogP contribution in [0.2, 0.25) is 10.0 Å². The van der Waals surface area contributed by atoms with Crippen LogP contribution in [0.25, 0.3) is 22.0 Å². The van der Waals surface area contributed by atoms with Gasteiger partial charge in [0.2, 0.25) is 0 Å². The highest BCUT2D eigenvalue weighted by atomic mass is 35.5. The number of rotatable bonds is 5. The monoisotopic (exact) mass is 395 g/mol. The number of halogens is 2. The zero-order chi connectivity index (χ0) is 19.0. The lowest BCUT2D eigenvalue weighted by Crippen LogP contribution is -2.28. The molecule has 1 aliphatic rings. The van der Waals surface area contributed by atoms with Crippen LogP contribution in [-0.2, 0) is 4.79 Å². The van der Waals surface area contributed by atoms with Crippen molar-refractivity contribution in [1.82, 2.24) is 9.97 Å². The van der Waals surface area contributed by atoms with Gasteiger partial charge in [-0.3, -0.25) is 4.79 Å². The molecule has 27 heavy (non-hydrogen) atoms. The zero-order valence-corrected chi connectivity index (χ0v) is 15.8. The highest BCUT2D eigenvalue weighted by Gasteiger charge is 2.23. The van der Waals surface area contributed by atoms with E-state index in [4.69, 9.17) is 23.2 Å². The van der Waals surface area contributed by atoms with Crippen LogP contribution >= 0.6 is 23.2 Å². The van der Waals surface area contributed by atoms with Crippen molar-refractivity contribution in [3.05, 3.63) is 77.1 Å². The maximum atomic E-state index is 11.6. The molecule has 1 aromatic heterocycles. The molecule has 2 aromatic carbocycles. The summed E-state index contributed by atoms with van der Waals surface area (Å²) >= 11 is 12.8. The minimum absolute atomic E-state index is 0.0339. The van der Waals surface area contributed by atoms with Crippen molar-refractivity contribution in [2.45, 2.75) is 12.5 Å². The van der Waals surface area contributed by atoms with Gasteiger partial charge >= 0.3 is 0 Å². The number of carbonyl (C=O) groups is 1. The SMILES string of the molecule is C=CC(=O)C1=CC(Nc2ncnc3cc(Cl)c(-c4ccccc4Cl)cc23)C1. The lowest BCUT2D eigenvalue weighted by molar-refractivity contribution is -0.111. The molecule has 0 amide bonds. The van der Waals surface area contributed by atoms with Crippen LogP contribution in [0.4, 0.5) is 5.82 Å². The van der Waals surface area contributed by atoms with Crippen molar-refractivity contribution in [3.8, 4) is 11.1 Å². The Morgan fingerprint density at radius 1 is 1.15 bits per heavy atom. The van der Waals surface area contributed by atoms with Crippen molar-refractivity contribution in [3.63, 3.8) is 0 Å². The summed E-state index contributed by atoms with van der Waals surface area (Å²) in [7, 11) is 0. The zero-order valence-electron chi connectivity index (χ0n) is 14.2. The standard InChI is InChI=1S/C21H15Cl2N3O/c1-2-20(27)12-7-13(8-12)26-21-16-9-15(14-5-3-4-6-17(14)22)18(23)10-19(16)24-11-25-21/h2-7,9-11,13H,1,8H2,(H,24,25,26). The molecule has 0 aliphatic heterocycles. The number of benzene rings is 2. The Hall–Kier alpha value is -2.69. The fraction of sp³-hybridized carbons (Fsp3) is 0.0952. The van der Waals surface area contributed by atoms with E-state index in [-0.39, 0.29) is 11.8 Å². The van der Waals surface area contributed by atoms with Crippen LogP contribution in [-0.4, -0.2) is 21.8 Å². The number of nitrogens with one attached hydrogen (secondary N) is 1. The van der Waals surface area contributed by atoms with Gasteiger partial charge < -0.3 is 5.32 Å². The van der Waals surface area contributed by atoms with Crippen molar-refractivity contribution in [1.29, 1.82) is 0 Å². The van der Waals surface area contributed by atoms with Gasteiger partial charge in [-0.2, -0.15) is 0 Å². The number of hydrogen-bond donors (Lipinski definition) is 1. The molecule has 134 valence electrons. The molecule has 0 saturated carbocycles. The van der Waals surface area contributed by atoms with Gasteiger partial charge in [-0.1, -0.05) is 54.1 Å². The van der Waals surface area contributed by atoms with E-state index in [0.29, 0.717) is 22.3 Å². The molecule has 0 saturated heterocycles. The fourth-order valence-corrected chi connectivity index (χ4v) is 3.60. The fourth-order valence-electron chi connectivity index (χ4n) is 3.11. The summed E-state index contributed by atoms with van der Waals surface area (Å²) in [6, 6.07) is 11.3. The van der Waals surface area contributed by atoms with Crippen LogP contribution in [0.1, 0.15) is 6.42 Å². The molecule has 4 nitrogen and oxygen atoms in total. The normalized spacial score (nSPS) is 15.8. The molecule has 1 unspecified atom stereocenters. The van der Waals surface area contributed by atoms with E-state index >= 15 is 0 Å². The highest BCUT2D eigenvalue weighted by Crippen LogP contribution is 2.37. The van der Waals surface area contributed by atoms with Crippen LogP contribution in [0.5, 0.6) is 0 Å². The first-order valence-corrected chi connectivity index (χ1v) is 9.15. The molecule has 1 aliphatic carbocycles. The predicted molar refractivity (Wildman–Crippen MR) is 110 cm³/mol. The van der Waals surface area contributed by atoms with Gasteiger partial charge in [0.25, 0.3) is 0 Å². The van der Waals surface area contributed by atoms with E-state index in [1.54, 1.807) is 0 Å². The molecule has 0 bridgehead atoms. The Morgan fingerprint density at radius 3 is 2.67 bits per heavy atom. The molecule has 3 aromatic rings. The van der Waals surface area contributed by atoms with Crippen molar-refractivity contribution >= 4 is 45.7 Å². The van der Waals surface area contributed by atoms with E-state index in [9.17, 15) is 4.79 Å². The van der Waals surface area contributed by atoms with Crippen molar-refractivity contribution in [2.75, 3.05) is 5.32 Å². The topological polar surface area (TPSA) is 54.9 Å². The average Bonchev–Trinajstić information content (AvgIpc) is 2.64. The molecule has 0 radical (unpaired) electrons. The van der Waals surface area contributed by atoms with E-state index in [0.717, 1.165) is 27.6 Å². The Labute approximate surface area is 166 Å². The van der Waals surface area contributed by atoms with Gasteiger partial charge in [0.1, 0.15) is 12.1 Å². The van der Waals surface area contributed by atoms with E-state index in [1.165, 1.54) is 12.4 Å². The van der Waals surface area contributed by atoms with Crippen LogP contribution in [0.3, 0.4) is 0 Å². The number of nitrogens with zero attached hydrogens (tertiary/aromatic N) is 2. The van der Waals surface area contributed by atoms with Gasteiger partial charge in [0.05, 0.1) is 16.6 Å². The Balaban J connectivity index is 1.74. The lowest BCUT2D eigenvalue weighted by Gasteiger charge is -2.25. The first kappa shape index (κ1) is 17.7. The predicted octanol–water partition coefficient (Wildman–Crippen LogP) is 5.47. The number of fused-ring (bicyclic) bond motifs is 1. The third-order valence-corrected chi connectivity index (χ3v) is 5.20. The molecule has 6 heteroatoms. The van der Waals surface area contributed by atoms with Crippen LogP contribution in [0, 0.1) is 0 Å². The number of anilines is 1. The van der Waals surface area contributed by atoms with Gasteiger partial charge in [0.15, 0.2) is 5.78 Å². The molecule has 1 atom stereocenters. The van der Waals surface area contributed by atoms with Gasteiger partial charge in [-0.15, -0.1) is 0 Å². The van der Waals surface area contributed by atoms with Gasteiger partial charge in [-0.05, 0) is 36.3 Å².